The number of rotatable bonds is 7. The van der Waals surface area contributed by atoms with E-state index in [4.69, 9.17) is 4.98 Å². The smallest absolute Gasteiger partial charge is 0.261 e. The van der Waals surface area contributed by atoms with Crippen LogP contribution in [0.4, 0.5) is 28.8 Å². The second-order valence-electron chi connectivity index (χ2n) is 10.1. The second-order valence-corrected chi connectivity index (χ2v) is 10.1. The van der Waals surface area contributed by atoms with Crippen molar-refractivity contribution in [2.75, 3.05) is 47.0 Å². The molecule has 1 aliphatic heterocycles. The van der Waals surface area contributed by atoms with E-state index in [1.807, 2.05) is 49.1 Å². The molecule has 3 N–H and O–H groups in total. The van der Waals surface area contributed by atoms with Gasteiger partial charge >= 0.3 is 0 Å². The normalized spacial score (nSPS) is 15.6. The van der Waals surface area contributed by atoms with Gasteiger partial charge in [0.05, 0.1) is 0 Å². The van der Waals surface area contributed by atoms with E-state index in [0.29, 0.717) is 23.4 Å². The molecule has 5 rings (SSSR count). The Kier molecular flexibility index (Phi) is 7.44. The number of anilines is 5. The molecule has 2 aromatic carbocycles. The quantitative estimate of drug-likeness (QED) is 0.420. The lowest BCUT2D eigenvalue weighted by Gasteiger charge is -2.35. The number of para-hydroxylation sites is 1. The number of hydrogen-bond donors (Lipinski definition) is 3. The number of aryl methyl sites for hydroxylation is 2. The number of carbonyl (C=O) groups is 2. The molecule has 9 nitrogen and oxygen atoms in total. The molecule has 38 heavy (non-hydrogen) atoms. The van der Waals surface area contributed by atoms with Gasteiger partial charge < -0.3 is 25.8 Å². The van der Waals surface area contributed by atoms with E-state index in [9.17, 15) is 9.59 Å². The fraction of sp³-hybridized carbons (Fsp3) is 0.379. The highest BCUT2D eigenvalue weighted by Crippen LogP contribution is 2.27. The van der Waals surface area contributed by atoms with E-state index in [1.54, 1.807) is 13.1 Å². The number of hydrogen-bond acceptors (Lipinski definition) is 7. The van der Waals surface area contributed by atoms with Crippen molar-refractivity contribution in [3.63, 3.8) is 0 Å². The third-order valence-corrected chi connectivity index (χ3v) is 7.41. The van der Waals surface area contributed by atoms with Crippen molar-refractivity contribution in [2.24, 2.45) is 0 Å². The molecule has 2 fully saturated rings. The highest BCUT2D eigenvalue weighted by molar-refractivity contribution is 6.08. The Balaban J connectivity index is 1.30. The number of aromatic nitrogens is 2. The van der Waals surface area contributed by atoms with Crippen molar-refractivity contribution in [3.05, 3.63) is 65.4 Å². The molecule has 3 aromatic rings. The Labute approximate surface area is 223 Å². The first-order valence-corrected chi connectivity index (χ1v) is 13.3. The summed E-state index contributed by atoms with van der Waals surface area (Å²) in [6.07, 6.45) is 4.88. The highest BCUT2D eigenvalue weighted by Gasteiger charge is 2.23. The van der Waals surface area contributed by atoms with Crippen LogP contribution in [-0.4, -0.2) is 58.9 Å². The van der Waals surface area contributed by atoms with Gasteiger partial charge in [-0.05, 0) is 68.5 Å². The lowest BCUT2D eigenvalue weighted by molar-refractivity contribution is -0.129. The zero-order valence-electron chi connectivity index (χ0n) is 22.3. The Morgan fingerprint density at radius 1 is 0.947 bits per heavy atom. The Morgan fingerprint density at radius 2 is 1.63 bits per heavy atom. The molecule has 0 radical (unpaired) electrons. The standard InChI is InChI=1S/C29H35N7O2/c1-19-6-4-7-20(2)26(19)33-28(38)25-18-30-29(34-27(25)31-22-8-5-9-22)32-23-10-12-24(13-11-23)36-16-14-35(15-17-36)21(3)37/h4,6-7,10-13,18,22H,5,8-9,14-17H2,1-3H3,(H,33,38)(H2,30,31,32,34). The monoisotopic (exact) mass is 513 g/mol. The van der Waals surface area contributed by atoms with Crippen molar-refractivity contribution in [1.29, 1.82) is 0 Å². The predicted molar refractivity (Wildman–Crippen MR) is 151 cm³/mol. The van der Waals surface area contributed by atoms with Gasteiger partial charge in [0.1, 0.15) is 11.4 Å². The van der Waals surface area contributed by atoms with Gasteiger partial charge in [0, 0.05) is 62.4 Å². The summed E-state index contributed by atoms with van der Waals surface area (Å²) in [6, 6.07) is 14.4. The molecule has 0 spiro atoms. The van der Waals surface area contributed by atoms with Gasteiger partial charge in [0.2, 0.25) is 11.9 Å². The van der Waals surface area contributed by atoms with Gasteiger partial charge in [0.15, 0.2) is 0 Å². The molecule has 1 saturated carbocycles. The van der Waals surface area contributed by atoms with E-state index in [2.05, 4.69) is 38.0 Å². The maximum atomic E-state index is 13.3. The maximum absolute atomic E-state index is 13.3. The Morgan fingerprint density at radius 3 is 2.24 bits per heavy atom. The van der Waals surface area contributed by atoms with Gasteiger partial charge in [-0.25, -0.2) is 4.98 Å². The van der Waals surface area contributed by atoms with Gasteiger partial charge in [-0.3, -0.25) is 9.59 Å². The molecular formula is C29H35N7O2. The van der Waals surface area contributed by atoms with Crippen LogP contribution in [0, 0.1) is 13.8 Å². The summed E-state index contributed by atoms with van der Waals surface area (Å²) in [5.41, 5.74) is 5.23. The van der Waals surface area contributed by atoms with Gasteiger partial charge in [-0.1, -0.05) is 18.2 Å². The predicted octanol–water partition coefficient (Wildman–Crippen LogP) is 4.72. The third-order valence-electron chi connectivity index (χ3n) is 7.41. The summed E-state index contributed by atoms with van der Waals surface area (Å²) in [5, 5.41) is 9.77. The summed E-state index contributed by atoms with van der Waals surface area (Å²) < 4.78 is 0. The molecule has 2 amide bonds. The van der Waals surface area contributed by atoms with Crippen LogP contribution in [0.2, 0.25) is 0 Å². The van der Waals surface area contributed by atoms with Crippen molar-refractivity contribution < 1.29 is 9.59 Å². The zero-order chi connectivity index (χ0) is 26.6. The molecule has 1 aliphatic carbocycles. The maximum Gasteiger partial charge on any atom is 0.261 e. The number of nitrogens with zero attached hydrogens (tertiary/aromatic N) is 4. The number of piperazine rings is 1. The van der Waals surface area contributed by atoms with Gasteiger partial charge in [-0.2, -0.15) is 4.98 Å². The van der Waals surface area contributed by atoms with Gasteiger partial charge in [-0.15, -0.1) is 0 Å². The minimum Gasteiger partial charge on any atom is -0.368 e. The summed E-state index contributed by atoms with van der Waals surface area (Å²) in [7, 11) is 0. The molecule has 2 aliphatic rings. The molecule has 198 valence electrons. The third kappa shape index (κ3) is 5.72. The minimum absolute atomic E-state index is 0.129. The average molecular weight is 514 g/mol. The summed E-state index contributed by atoms with van der Waals surface area (Å²) >= 11 is 0. The van der Waals surface area contributed by atoms with Gasteiger partial charge in [0.25, 0.3) is 5.91 Å². The number of amides is 2. The molecule has 1 aromatic heterocycles. The van der Waals surface area contributed by atoms with Crippen LogP contribution >= 0.6 is 0 Å². The molecule has 9 heteroatoms. The average Bonchev–Trinajstić information content (AvgIpc) is 2.89. The molecular weight excluding hydrogens is 478 g/mol. The first-order valence-electron chi connectivity index (χ1n) is 13.3. The van der Waals surface area contributed by atoms with E-state index >= 15 is 0 Å². The lowest BCUT2D eigenvalue weighted by Crippen LogP contribution is -2.48. The fourth-order valence-electron chi connectivity index (χ4n) is 4.82. The van der Waals surface area contributed by atoms with Crippen LogP contribution in [0.3, 0.4) is 0 Å². The first kappa shape index (κ1) is 25.5. The lowest BCUT2D eigenvalue weighted by atomic mass is 9.93. The molecule has 1 saturated heterocycles. The van der Waals surface area contributed by atoms with E-state index in [0.717, 1.165) is 67.2 Å². The first-order chi connectivity index (χ1) is 18.4. The fourth-order valence-corrected chi connectivity index (χ4v) is 4.82. The van der Waals surface area contributed by atoms with Crippen LogP contribution in [0.5, 0.6) is 0 Å². The number of benzene rings is 2. The molecule has 0 bridgehead atoms. The van der Waals surface area contributed by atoms with E-state index in [1.165, 1.54) is 6.42 Å². The minimum atomic E-state index is -0.231. The van der Waals surface area contributed by atoms with Crippen molar-refractivity contribution in [2.45, 2.75) is 46.1 Å². The summed E-state index contributed by atoms with van der Waals surface area (Å²) in [6.45, 7) is 8.70. The van der Waals surface area contributed by atoms with Crippen LogP contribution < -0.4 is 20.9 Å². The van der Waals surface area contributed by atoms with Crippen LogP contribution in [-0.2, 0) is 4.79 Å². The largest absolute Gasteiger partial charge is 0.368 e. The zero-order valence-corrected chi connectivity index (χ0v) is 22.3. The summed E-state index contributed by atoms with van der Waals surface area (Å²) in [4.78, 5) is 38.2. The van der Waals surface area contributed by atoms with E-state index in [-0.39, 0.29) is 11.8 Å². The van der Waals surface area contributed by atoms with Crippen molar-refractivity contribution >= 4 is 40.6 Å². The number of nitrogens with one attached hydrogen (secondary N) is 3. The Bertz CT molecular complexity index is 1290. The number of carbonyl (C=O) groups excluding carboxylic acids is 2. The highest BCUT2D eigenvalue weighted by atomic mass is 16.2. The van der Waals surface area contributed by atoms with Crippen LogP contribution in [0.15, 0.2) is 48.7 Å². The Hall–Kier alpha value is -4.14. The van der Waals surface area contributed by atoms with Crippen molar-refractivity contribution in [3.8, 4) is 0 Å². The summed E-state index contributed by atoms with van der Waals surface area (Å²) in [5.74, 6) is 0.864. The molecule has 0 unspecified atom stereocenters. The van der Waals surface area contributed by atoms with Crippen molar-refractivity contribution in [1.82, 2.24) is 14.9 Å². The topological polar surface area (TPSA) is 102 Å². The van der Waals surface area contributed by atoms with Crippen LogP contribution in [0.25, 0.3) is 0 Å². The van der Waals surface area contributed by atoms with Crippen LogP contribution in [0.1, 0.15) is 47.7 Å². The van der Waals surface area contributed by atoms with E-state index < -0.39 is 0 Å². The molecule has 2 heterocycles. The molecule has 0 atom stereocenters. The SMILES string of the molecule is CC(=O)N1CCN(c2ccc(Nc3ncc(C(=O)Nc4c(C)cccc4C)c(NC4CCC4)n3)cc2)CC1. The second kappa shape index (κ2) is 11.1.